The summed E-state index contributed by atoms with van der Waals surface area (Å²) in [5.41, 5.74) is 1.33. The molecule has 6 heteroatoms. The Morgan fingerprint density at radius 3 is 2.26 bits per heavy atom. The maximum absolute atomic E-state index is 12.6. The summed E-state index contributed by atoms with van der Waals surface area (Å²) in [6.07, 6.45) is 1.20. The van der Waals surface area contributed by atoms with E-state index in [1.165, 1.54) is 25.1 Å². The zero-order valence-electron chi connectivity index (χ0n) is 14.4. The Morgan fingerprint density at radius 1 is 1.00 bits per heavy atom. The molecule has 5 nitrogen and oxygen atoms in total. The van der Waals surface area contributed by atoms with Crippen LogP contribution in [0.5, 0.6) is 0 Å². The molecule has 3 aromatic rings. The van der Waals surface area contributed by atoms with E-state index in [2.05, 4.69) is 0 Å². The second-order valence-electron chi connectivity index (χ2n) is 5.77. The van der Waals surface area contributed by atoms with Crippen molar-refractivity contribution in [2.24, 2.45) is 0 Å². The number of furan rings is 1. The van der Waals surface area contributed by atoms with Crippen LogP contribution in [0.1, 0.15) is 23.0 Å². The fourth-order valence-electron chi connectivity index (χ4n) is 2.48. The van der Waals surface area contributed by atoms with Crippen molar-refractivity contribution in [2.75, 3.05) is 0 Å². The molecule has 0 radical (unpaired) electrons. The molecule has 0 aliphatic heterocycles. The first-order valence-corrected chi connectivity index (χ1v) is 9.53. The minimum atomic E-state index is -3.92. The van der Waals surface area contributed by atoms with Crippen LogP contribution in [0.25, 0.3) is 17.4 Å². The number of rotatable bonds is 5. The lowest BCUT2D eigenvalue weighted by Gasteiger charge is -2.02. The number of nitriles is 1. The van der Waals surface area contributed by atoms with E-state index in [4.69, 9.17) is 4.42 Å². The van der Waals surface area contributed by atoms with Crippen molar-refractivity contribution in [3.63, 3.8) is 0 Å². The highest BCUT2D eigenvalue weighted by Crippen LogP contribution is 2.26. The molecule has 1 heterocycles. The number of benzene rings is 2. The molecule has 0 atom stereocenters. The lowest BCUT2D eigenvalue weighted by Crippen LogP contribution is -2.03. The number of hydrogen-bond donors (Lipinski definition) is 0. The molecule has 1 aromatic heterocycles. The molecule has 134 valence electrons. The molecule has 3 rings (SSSR count). The average molecular weight is 377 g/mol. The number of allylic oxidation sites excluding steroid dienone is 1. The van der Waals surface area contributed by atoms with Gasteiger partial charge in [0.2, 0.25) is 9.84 Å². The van der Waals surface area contributed by atoms with Crippen molar-refractivity contribution in [1.29, 1.82) is 5.26 Å². The standard InChI is InChI=1S/C21H15NO4S/c1-15(23)16-7-9-17(10-8-16)21-12-11-18(26-21)13-20(14-22)27(24,25)19-5-3-2-4-6-19/h2-13H,1H3/b20-13+. The van der Waals surface area contributed by atoms with Gasteiger partial charge in [0.15, 0.2) is 10.7 Å². The Kier molecular flexibility index (Phi) is 5.06. The van der Waals surface area contributed by atoms with Crippen molar-refractivity contribution in [3.8, 4) is 17.4 Å². The Morgan fingerprint density at radius 2 is 1.67 bits per heavy atom. The molecule has 0 saturated carbocycles. The van der Waals surface area contributed by atoms with Gasteiger partial charge in [0.05, 0.1) is 4.90 Å². The zero-order chi connectivity index (χ0) is 19.4. The predicted molar refractivity (Wildman–Crippen MR) is 101 cm³/mol. The lowest BCUT2D eigenvalue weighted by atomic mass is 10.1. The molecule has 0 amide bonds. The third-order valence-corrected chi connectivity index (χ3v) is 5.61. The van der Waals surface area contributed by atoms with Crippen molar-refractivity contribution in [3.05, 3.63) is 83.0 Å². The number of ketones is 1. The van der Waals surface area contributed by atoms with E-state index in [0.717, 1.165) is 5.56 Å². The van der Waals surface area contributed by atoms with Crippen molar-refractivity contribution < 1.29 is 17.6 Å². The van der Waals surface area contributed by atoms with E-state index in [9.17, 15) is 18.5 Å². The summed E-state index contributed by atoms with van der Waals surface area (Å²) >= 11 is 0. The molecule has 27 heavy (non-hydrogen) atoms. The maximum atomic E-state index is 12.6. The number of carbonyl (C=O) groups excluding carboxylic acids is 1. The topological polar surface area (TPSA) is 88.1 Å². The van der Waals surface area contributed by atoms with E-state index < -0.39 is 14.7 Å². The van der Waals surface area contributed by atoms with Gasteiger partial charge in [-0.3, -0.25) is 4.79 Å². The van der Waals surface area contributed by atoms with Gasteiger partial charge < -0.3 is 4.42 Å². The van der Waals surface area contributed by atoms with E-state index in [1.807, 2.05) is 0 Å². The Balaban J connectivity index is 1.93. The summed E-state index contributed by atoms with van der Waals surface area (Å²) in [6, 6.07) is 19.6. The molecule has 0 bridgehead atoms. The van der Waals surface area contributed by atoms with Crippen LogP contribution in [0.3, 0.4) is 0 Å². The first-order valence-electron chi connectivity index (χ1n) is 8.05. The third kappa shape index (κ3) is 3.89. The van der Waals surface area contributed by atoms with Gasteiger partial charge in [-0.25, -0.2) is 8.42 Å². The molecule has 0 spiro atoms. The van der Waals surface area contributed by atoms with Gasteiger partial charge >= 0.3 is 0 Å². The maximum Gasteiger partial charge on any atom is 0.216 e. The molecule has 0 aliphatic rings. The largest absolute Gasteiger partial charge is 0.457 e. The van der Waals surface area contributed by atoms with Crippen LogP contribution in [0, 0.1) is 11.3 Å². The SMILES string of the molecule is CC(=O)c1ccc(-c2ccc(/C=C(\C#N)S(=O)(=O)c3ccccc3)o2)cc1. The molecule has 0 saturated heterocycles. The summed E-state index contributed by atoms with van der Waals surface area (Å²) in [4.78, 5) is 11.0. The van der Waals surface area contributed by atoms with Crippen LogP contribution in [0.4, 0.5) is 0 Å². The number of sulfone groups is 1. The van der Waals surface area contributed by atoms with Gasteiger partial charge in [-0.15, -0.1) is 0 Å². The Bertz CT molecular complexity index is 1150. The molecular weight excluding hydrogens is 362 g/mol. The van der Waals surface area contributed by atoms with E-state index in [1.54, 1.807) is 60.7 Å². The van der Waals surface area contributed by atoms with Crippen LogP contribution in [0.15, 0.2) is 80.9 Å². The van der Waals surface area contributed by atoms with Crippen LogP contribution in [-0.4, -0.2) is 14.2 Å². The van der Waals surface area contributed by atoms with Crippen LogP contribution in [-0.2, 0) is 9.84 Å². The molecular formula is C21H15NO4S. The monoisotopic (exact) mass is 377 g/mol. The van der Waals surface area contributed by atoms with E-state index in [0.29, 0.717) is 11.3 Å². The highest BCUT2D eigenvalue weighted by molar-refractivity contribution is 7.95. The molecule has 0 unspecified atom stereocenters. The second-order valence-corrected chi connectivity index (χ2v) is 7.69. The van der Waals surface area contributed by atoms with E-state index >= 15 is 0 Å². The van der Waals surface area contributed by atoms with Gasteiger partial charge in [0.25, 0.3) is 0 Å². The zero-order valence-corrected chi connectivity index (χ0v) is 15.2. The molecule has 0 N–H and O–H groups in total. The van der Waals surface area contributed by atoms with Crippen molar-refractivity contribution >= 4 is 21.7 Å². The van der Waals surface area contributed by atoms with Gasteiger partial charge in [-0.2, -0.15) is 5.26 Å². The number of Topliss-reactive ketones (excluding diaryl/α,β-unsaturated/α-hetero) is 1. The van der Waals surface area contributed by atoms with Gasteiger partial charge in [-0.05, 0) is 31.2 Å². The van der Waals surface area contributed by atoms with Crippen molar-refractivity contribution in [1.82, 2.24) is 0 Å². The minimum Gasteiger partial charge on any atom is -0.457 e. The summed E-state index contributed by atoms with van der Waals surface area (Å²) in [5.74, 6) is 0.719. The smallest absolute Gasteiger partial charge is 0.216 e. The summed E-state index contributed by atoms with van der Waals surface area (Å²) in [6.45, 7) is 1.49. The minimum absolute atomic E-state index is 0.0330. The molecule has 0 aliphatic carbocycles. The van der Waals surface area contributed by atoms with Crippen LogP contribution in [0.2, 0.25) is 0 Å². The Labute approximate surface area is 157 Å². The van der Waals surface area contributed by atoms with Crippen LogP contribution < -0.4 is 0 Å². The first-order chi connectivity index (χ1) is 12.9. The highest BCUT2D eigenvalue weighted by atomic mass is 32.2. The van der Waals surface area contributed by atoms with Crippen molar-refractivity contribution in [2.45, 2.75) is 11.8 Å². The quantitative estimate of drug-likeness (QED) is 0.483. The number of hydrogen-bond acceptors (Lipinski definition) is 5. The fourth-order valence-corrected chi connectivity index (χ4v) is 3.64. The van der Waals surface area contributed by atoms with E-state index in [-0.39, 0.29) is 16.4 Å². The highest BCUT2D eigenvalue weighted by Gasteiger charge is 2.21. The molecule has 0 fully saturated rings. The lowest BCUT2D eigenvalue weighted by molar-refractivity contribution is 0.101. The number of nitrogens with zero attached hydrogens (tertiary/aromatic N) is 1. The van der Waals surface area contributed by atoms with Crippen LogP contribution >= 0.6 is 0 Å². The normalized spacial score (nSPS) is 11.8. The Hall–Kier alpha value is -3.43. The first kappa shape index (κ1) is 18.4. The average Bonchev–Trinajstić information content (AvgIpc) is 3.15. The number of carbonyl (C=O) groups is 1. The fraction of sp³-hybridized carbons (Fsp3) is 0.0476. The van der Waals surface area contributed by atoms with Gasteiger partial charge in [-0.1, -0.05) is 42.5 Å². The summed E-state index contributed by atoms with van der Waals surface area (Å²) in [7, 11) is -3.92. The molecule has 2 aromatic carbocycles. The predicted octanol–water partition coefficient (Wildman–Crippen LogP) is 4.49. The van der Waals surface area contributed by atoms with Gasteiger partial charge in [0.1, 0.15) is 17.6 Å². The van der Waals surface area contributed by atoms with Gasteiger partial charge in [0, 0.05) is 17.2 Å². The third-order valence-electron chi connectivity index (χ3n) is 3.93. The second kappa shape index (κ2) is 7.44. The summed E-state index contributed by atoms with van der Waals surface area (Å²) < 4.78 is 30.8. The summed E-state index contributed by atoms with van der Waals surface area (Å²) in [5, 5.41) is 9.32.